The summed E-state index contributed by atoms with van der Waals surface area (Å²) in [7, 11) is 2.20. The topological polar surface area (TPSA) is 16.1 Å². The maximum atomic E-state index is 4.33. The van der Waals surface area contributed by atoms with Crippen LogP contribution in [0.4, 0.5) is 0 Å². The Hall–Kier alpha value is -0.890. The summed E-state index contributed by atoms with van der Waals surface area (Å²) in [5.41, 5.74) is 2.59. The van der Waals surface area contributed by atoms with E-state index >= 15 is 0 Å². The molecule has 0 aromatic carbocycles. The minimum absolute atomic E-state index is 0.605. The summed E-state index contributed by atoms with van der Waals surface area (Å²) in [5, 5.41) is 0. The summed E-state index contributed by atoms with van der Waals surface area (Å²) in [4.78, 5) is 6.75. The second-order valence-corrected chi connectivity index (χ2v) is 3.82. The summed E-state index contributed by atoms with van der Waals surface area (Å²) in [6, 6.07) is 4.84. The van der Waals surface area contributed by atoms with Gasteiger partial charge in [0.25, 0.3) is 0 Å². The second kappa shape index (κ2) is 3.46. The Morgan fingerprint density at radius 2 is 2.38 bits per heavy atom. The van der Waals surface area contributed by atoms with E-state index in [2.05, 4.69) is 29.9 Å². The molecule has 0 amide bonds. The lowest BCUT2D eigenvalue weighted by Gasteiger charge is -2.20. The SMILES string of the molecule is Cc1ncccc1[C@H]1CCCN1C. The molecular formula is C11H16N2. The minimum Gasteiger partial charge on any atom is -0.299 e. The van der Waals surface area contributed by atoms with Crippen LogP contribution in [0, 0.1) is 6.92 Å². The summed E-state index contributed by atoms with van der Waals surface area (Å²) >= 11 is 0. The smallest absolute Gasteiger partial charge is 0.0420 e. The molecule has 2 nitrogen and oxygen atoms in total. The third-order valence-corrected chi connectivity index (χ3v) is 2.93. The molecule has 1 aliphatic rings. The number of nitrogens with zero attached hydrogens (tertiary/aromatic N) is 2. The van der Waals surface area contributed by atoms with E-state index in [0.29, 0.717) is 6.04 Å². The lowest BCUT2D eigenvalue weighted by Crippen LogP contribution is -2.18. The zero-order valence-electron chi connectivity index (χ0n) is 8.33. The largest absolute Gasteiger partial charge is 0.299 e. The van der Waals surface area contributed by atoms with E-state index in [1.165, 1.54) is 30.6 Å². The summed E-state index contributed by atoms with van der Waals surface area (Å²) in [6.07, 6.45) is 4.46. The van der Waals surface area contributed by atoms with Gasteiger partial charge in [-0.25, -0.2) is 0 Å². The Morgan fingerprint density at radius 3 is 3.00 bits per heavy atom. The van der Waals surface area contributed by atoms with E-state index in [0.717, 1.165) is 0 Å². The number of pyridine rings is 1. The van der Waals surface area contributed by atoms with Crippen LogP contribution in [-0.4, -0.2) is 23.5 Å². The average Bonchev–Trinajstić information content (AvgIpc) is 2.52. The molecular weight excluding hydrogens is 160 g/mol. The van der Waals surface area contributed by atoms with E-state index in [1.807, 2.05) is 12.3 Å². The van der Waals surface area contributed by atoms with E-state index in [9.17, 15) is 0 Å². The number of aryl methyl sites for hydroxylation is 1. The molecule has 0 spiro atoms. The van der Waals surface area contributed by atoms with Crippen LogP contribution in [0.5, 0.6) is 0 Å². The predicted molar refractivity (Wildman–Crippen MR) is 53.6 cm³/mol. The molecule has 2 rings (SSSR count). The third kappa shape index (κ3) is 1.59. The van der Waals surface area contributed by atoms with Crippen LogP contribution in [0.15, 0.2) is 18.3 Å². The Kier molecular flexibility index (Phi) is 2.32. The average molecular weight is 176 g/mol. The quantitative estimate of drug-likeness (QED) is 0.652. The molecule has 1 fully saturated rings. The molecule has 2 heteroatoms. The standard InChI is InChI=1S/C11H16N2/c1-9-10(5-3-7-12-9)11-6-4-8-13(11)2/h3,5,7,11H,4,6,8H2,1-2H3/t11-/m1/s1. The number of likely N-dealkylation sites (tertiary alicyclic amines) is 1. The van der Waals surface area contributed by atoms with Crippen LogP contribution in [0.3, 0.4) is 0 Å². The number of hydrogen-bond donors (Lipinski definition) is 0. The molecule has 1 atom stereocenters. The molecule has 2 heterocycles. The van der Waals surface area contributed by atoms with Gasteiger partial charge < -0.3 is 0 Å². The molecule has 13 heavy (non-hydrogen) atoms. The molecule has 1 aliphatic heterocycles. The van der Waals surface area contributed by atoms with Gasteiger partial charge >= 0.3 is 0 Å². The molecule has 70 valence electrons. The fourth-order valence-corrected chi connectivity index (χ4v) is 2.15. The van der Waals surface area contributed by atoms with Crippen LogP contribution in [-0.2, 0) is 0 Å². The van der Waals surface area contributed by atoms with Crippen molar-refractivity contribution in [1.29, 1.82) is 0 Å². The van der Waals surface area contributed by atoms with E-state index in [1.54, 1.807) is 0 Å². The Morgan fingerprint density at radius 1 is 1.54 bits per heavy atom. The Bertz CT molecular complexity index is 296. The van der Waals surface area contributed by atoms with Crippen LogP contribution in [0.1, 0.15) is 30.1 Å². The highest BCUT2D eigenvalue weighted by Gasteiger charge is 2.23. The van der Waals surface area contributed by atoms with Gasteiger partial charge in [-0.15, -0.1) is 0 Å². The van der Waals surface area contributed by atoms with Crippen LogP contribution >= 0.6 is 0 Å². The monoisotopic (exact) mass is 176 g/mol. The maximum Gasteiger partial charge on any atom is 0.0420 e. The van der Waals surface area contributed by atoms with Crippen molar-refractivity contribution in [3.63, 3.8) is 0 Å². The molecule has 0 bridgehead atoms. The summed E-state index contributed by atoms with van der Waals surface area (Å²) in [6.45, 7) is 3.32. The van der Waals surface area contributed by atoms with Crippen molar-refractivity contribution in [2.75, 3.05) is 13.6 Å². The third-order valence-electron chi connectivity index (χ3n) is 2.93. The first kappa shape index (κ1) is 8.70. The maximum absolute atomic E-state index is 4.33. The Labute approximate surface area is 79.6 Å². The molecule has 0 unspecified atom stereocenters. The van der Waals surface area contributed by atoms with Crippen molar-refractivity contribution in [1.82, 2.24) is 9.88 Å². The number of aromatic nitrogens is 1. The molecule has 0 N–H and O–H groups in total. The zero-order chi connectivity index (χ0) is 9.26. The van der Waals surface area contributed by atoms with Crippen molar-refractivity contribution in [2.24, 2.45) is 0 Å². The van der Waals surface area contributed by atoms with Gasteiger partial charge in [0.1, 0.15) is 0 Å². The molecule has 1 saturated heterocycles. The van der Waals surface area contributed by atoms with Crippen molar-refractivity contribution in [2.45, 2.75) is 25.8 Å². The van der Waals surface area contributed by atoms with Gasteiger partial charge in [-0.1, -0.05) is 6.07 Å². The molecule has 0 saturated carbocycles. The number of hydrogen-bond acceptors (Lipinski definition) is 2. The minimum atomic E-state index is 0.605. The van der Waals surface area contributed by atoms with E-state index < -0.39 is 0 Å². The van der Waals surface area contributed by atoms with E-state index in [-0.39, 0.29) is 0 Å². The fourth-order valence-electron chi connectivity index (χ4n) is 2.15. The van der Waals surface area contributed by atoms with Gasteiger partial charge in [0.05, 0.1) is 0 Å². The summed E-state index contributed by atoms with van der Waals surface area (Å²) < 4.78 is 0. The first-order chi connectivity index (χ1) is 6.29. The van der Waals surface area contributed by atoms with Gasteiger partial charge in [0, 0.05) is 17.9 Å². The highest BCUT2D eigenvalue weighted by atomic mass is 15.1. The molecule has 0 radical (unpaired) electrons. The fraction of sp³-hybridized carbons (Fsp3) is 0.545. The normalized spacial score (nSPS) is 23.7. The van der Waals surface area contributed by atoms with Gasteiger partial charge in [0.15, 0.2) is 0 Å². The van der Waals surface area contributed by atoms with Crippen LogP contribution in [0.2, 0.25) is 0 Å². The first-order valence-corrected chi connectivity index (χ1v) is 4.91. The highest BCUT2D eigenvalue weighted by molar-refractivity contribution is 5.23. The highest BCUT2D eigenvalue weighted by Crippen LogP contribution is 2.31. The van der Waals surface area contributed by atoms with Crippen LogP contribution < -0.4 is 0 Å². The van der Waals surface area contributed by atoms with Gasteiger partial charge in [-0.2, -0.15) is 0 Å². The Balaban J connectivity index is 2.29. The van der Waals surface area contributed by atoms with Crippen molar-refractivity contribution in [3.05, 3.63) is 29.6 Å². The molecule has 1 aromatic rings. The van der Waals surface area contributed by atoms with Crippen molar-refractivity contribution >= 4 is 0 Å². The second-order valence-electron chi connectivity index (χ2n) is 3.82. The predicted octanol–water partition coefficient (Wildman–Crippen LogP) is 2.16. The van der Waals surface area contributed by atoms with Gasteiger partial charge in [0.2, 0.25) is 0 Å². The lowest BCUT2D eigenvalue weighted by atomic mass is 10.0. The molecule has 0 aliphatic carbocycles. The van der Waals surface area contributed by atoms with Crippen LogP contribution in [0.25, 0.3) is 0 Å². The zero-order valence-corrected chi connectivity index (χ0v) is 8.33. The summed E-state index contributed by atoms with van der Waals surface area (Å²) in [5.74, 6) is 0. The molecule has 1 aromatic heterocycles. The van der Waals surface area contributed by atoms with Crippen molar-refractivity contribution < 1.29 is 0 Å². The number of rotatable bonds is 1. The van der Waals surface area contributed by atoms with Gasteiger partial charge in [-0.05, 0) is 45.0 Å². The van der Waals surface area contributed by atoms with E-state index in [4.69, 9.17) is 0 Å². The first-order valence-electron chi connectivity index (χ1n) is 4.91. The van der Waals surface area contributed by atoms with Gasteiger partial charge in [-0.3, -0.25) is 9.88 Å². The lowest BCUT2D eigenvalue weighted by molar-refractivity contribution is 0.316. The van der Waals surface area contributed by atoms with Crippen molar-refractivity contribution in [3.8, 4) is 0 Å².